The minimum absolute atomic E-state index is 0.339. The maximum atomic E-state index is 6.26. The monoisotopic (exact) mass is 367 g/mol. The summed E-state index contributed by atoms with van der Waals surface area (Å²) < 4.78 is 11.8. The van der Waals surface area contributed by atoms with Gasteiger partial charge in [-0.15, -0.1) is 0 Å². The zero-order chi connectivity index (χ0) is 18.5. The molecular weight excluding hydrogens is 338 g/mol. The van der Waals surface area contributed by atoms with Gasteiger partial charge in [-0.3, -0.25) is 9.88 Å². The van der Waals surface area contributed by atoms with E-state index in [1.807, 2.05) is 18.5 Å². The number of aromatic nitrogens is 1. The molecule has 1 aromatic carbocycles. The average molecular weight is 367 g/mol. The Bertz CT molecular complexity index is 724. The Balaban J connectivity index is 1.38. The molecule has 0 bridgehead atoms. The van der Waals surface area contributed by atoms with E-state index in [4.69, 9.17) is 9.47 Å². The van der Waals surface area contributed by atoms with Gasteiger partial charge in [-0.2, -0.15) is 0 Å². The van der Waals surface area contributed by atoms with Crippen LogP contribution in [0.2, 0.25) is 0 Å². The van der Waals surface area contributed by atoms with Gasteiger partial charge in [0, 0.05) is 56.9 Å². The number of hydrogen-bond donors (Lipinski definition) is 0. The molecule has 1 saturated heterocycles. The number of hydrogen-bond acceptors (Lipinski definition) is 5. The minimum atomic E-state index is 0.339. The van der Waals surface area contributed by atoms with Crippen LogP contribution in [0.1, 0.15) is 31.2 Å². The zero-order valence-corrected chi connectivity index (χ0v) is 16.1. The van der Waals surface area contributed by atoms with Crippen LogP contribution in [-0.4, -0.2) is 49.3 Å². The lowest BCUT2D eigenvalue weighted by Crippen LogP contribution is -2.45. The Morgan fingerprint density at radius 3 is 2.41 bits per heavy atom. The van der Waals surface area contributed by atoms with Gasteiger partial charge in [0.1, 0.15) is 0 Å². The molecule has 0 unspecified atom stereocenters. The lowest BCUT2D eigenvalue weighted by molar-refractivity contribution is 0.200. The normalized spacial score (nSPS) is 18.6. The van der Waals surface area contributed by atoms with Crippen molar-refractivity contribution in [2.75, 3.05) is 38.2 Å². The number of benzene rings is 1. The molecular formula is C22H29N3O2. The molecule has 0 amide bonds. The molecule has 27 heavy (non-hydrogen) atoms. The Kier molecular flexibility index (Phi) is 5.78. The highest BCUT2D eigenvalue weighted by Crippen LogP contribution is 2.35. The Morgan fingerprint density at radius 1 is 0.963 bits per heavy atom. The number of rotatable bonds is 6. The van der Waals surface area contributed by atoms with Crippen molar-refractivity contribution in [3.63, 3.8) is 0 Å². The van der Waals surface area contributed by atoms with Gasteiger partial charge >= 0.3 is 0 Å². The molecule has 1 aliphatic carbocycles. The van der Waals surface area contributed by atoms with Crippen molar-refractivity contribution in [2.45, 2.75) is 38.3 Å². The van der Waals surface area contributed by atoms with Crippen LogP contribution in [0.15, 0.2) is 42.7 Å². The van der Waals surface area contributed by atoms with E-state index in [0.29, 0.717) is 6.10 Å². The first-order valence-corrected chi connectivity index (χ1v) is 10.0. The topological polar surface area (TPSA) is 37.8 Å². The number of nitrogens with zero attached hydrogens (tertiary/aromatic N) is 3. The van der Waals surface area contributed by atoms with Gasteiger partial charge in [-0.1, -0.05) is 0 Å². The summed E-state index contributed by atoms with van der Waals surface area (Å²) in [6, 6.07) is 10.6. The molecule has 5 nitrogen and oxygen atoms in total. The molecule has 1 saturated carbocycles. The Hall–Kier alpha value is -2.27. The first-order chi connectivity index (χ1) is 13.3. The van der Waals surface area contributed by atoms with Crippen LogP contribution in [-0.2, 0) is 6.54 Å². The quantitative estimate of drug-likeness (QED) is 0.778. The van der Waals surface area contributed by atoms with Crippen molar-refractivity contribution < 1.29 is 9.47 Å². The molecule has 1 aliphatic heterocycles. The van der Waals surface area contributed by atoms with E-state index in [1.54, 1.807) is 7.11 Å². The average Bonchev–Trinajstić information content (AvgIpc) is 3.22. The predicted molar refractivity (Wildman–Crippen MR) is 108 cm³/mol. The molecule has 2 aliphatic rings. The third-order valence-corrected chi connectivity index (χ3v) is 5.64. The second-order valence-electron chi connectivity index (χ2n) is 7.48. The molecule has 2 heterocycles. The van der Waals surface area contributed by atoms with Crippen molar-refractivity contribution in [3.05, 3.63) is 48.3 Å². The Morgan fingerprint density at radius 2 is 1.70 bits per heavy atom. The van der Waals surface area contributed by atoms with Gasteiger partial charge in [-0.05, 0) is 55.5 Å². The summed E-state index contributed by atoms with van der Waals surface area (Å²) in [7, 11) is 1.72. The fourth-order valence-corrected chi connectivity index (χ4v) is 4.05. The summed E-state index contributed by atoms with van der Waals surface area (Å²) in [5, 5.41) is 0. The molecule has 4 rings (SSSR count). The highest BCUT2D eigenvalue weighted by Gasteiger charge is 2.21. The molecule has 5 heteroatoms. The molecule has 144 valence electrons. The van der Waals surface area contributed by atoms with E-state index >= 15 is 0 Å². The second-order valence-corrected chi connectivity index (χ2v) is 7.48. The summed E-state index contributed by atoms with van der Waals surface area (Å²) in [6.45, 7) is 5.18. The third-order valence-electron chi connectivity index (χ3n) is 5.64. The summed E-state index contributed by atoms with van der Waals surface area (Å²) in [5.41, 5.74) is 2.56. The van der Waals surface area contributed by atoms with Crippen molar-refractivity contribution in [2.24, 2.45) is 0 Å². The summed E-state index contributed by atoms with van der Waals surface area (Å²) in [5.74, 6) is 1.73. The summed E-state index contributed by atoms with van der Waals surface area (Å²) in [4.78, 5) is 9.05. The largest absolute Gasteiger partial charge is 0.493 e. The molecule has 0 radical (unpaired) electrons. The number of pyridine rings is 1. The van der Waals surface area contributed by atoms with Crippen LogP contribution >= 0.6 is 0 Å². The number of piperazine rings is 1. The van der Waals surface area contributed by atoms with Gasteiger partial charge in [0.05, 0.1) is 13.2 Å². The van der Waals surface area contributed by atoms with E-state index in [1.165, 1.54) is 24.1 Å². The van der Waals surface area contributed by atoms with E-state index in [-0.39, 0.29) is 0 Å². The number of methoxy groups -OCH3 is 1. The van der Waals surface area contributed by atoms with Gasteiger partial charge in [0.25, 0.3) is 0 Å². The maximum Gasteiger partial charge on any atom is 0.163 e. The van der Waals surface area contributed by atoms with Crippen LogP contribution in [0, 0.1) is 0 Å². The fraction of sp³-hybridized carbons (Fsp3) is 0.500. The fourth-order valence-electron chi connectivity index (χ4n) is 4.05. The molecule has 1 aromatic heterocycles. The van der Waals surface area contributed by atoms with Gasteiger partial charge < -0.3 is 14.4 Å². The van der Waals surface area contributed by atoms with Crippen LogP contribution in [0.5, 0.6) is 11.5 Å². The lowest BCUT2D eigenvalue weighted by atomic mass is 10.2. The Labute approximate surface area is 161 Å². The molecule has 0 N–H and O–H groups in total. The van der Waals surface area contributed by atoms with E-state index in [0.717, 1.165) is 57.1 Å². The van der Waals surface area contributed by atoms with Gasteiger partial charge in [0.15, 0.2) is 11.5 Å². The van der Waals surface area contributed by atoms with Crippen LogP contribution < -0.4 is 14.4 Å². The molecule has 0 atom stereocenters. The first kappa shape index (κ1) is 18.1. The SMILES string of the molecule is COc1ccc(N2CCN(Cc3ccncc3)CC2)cc1OC1CCCC1. The van der Waals surface area contributed by atoms with Crippen molar-refractivity contribution >= 4 is 5.69 Å². The third kappa shape index (κ3) is 4.53. The number of ether oxygens (including phenoxy) is 2. The van der Waals surface area contributed by atoms with Crippen molar-refractivity contribution in [3.8, 4) is 11.5 Å². The summed E-state index contributed by atoms with van der Waals surface area (Å²) in [6.07, 6.45) is 8.93. The summed E-state index contributed by atoms with van der Waals surface area (Å²) >= 11 is 0. The lowest BCUT2D eigenvalue weighted by Gasteiger charge is -2.36. The van der Waals surface area contributed by atoms with Crippen molar-refractivity contribution in [1.82, 2.24) is 9.88 Å². The highest BCUT2D eigenvalue weighted by atomic mass is 16.5. The predicted octanol–water partition coefficient (Wildman–Crippen LogP) is 3.73. The number of anilines is 1. The minimum Gasteiger partial charge on any atom is -0.493 e. The van der Waals surface area contributed by atoms with Crippen LogP contribution in [0.4, 0.5) is 5.69 Å². The molecule has 2 fully saturated rings. The first-order valence-electron chi connectivity index (χ1n) is 10.0. The van der Waals surface area contributed by atoms with Crippen molar-refractivity contribution in [1.29, 1.82) is 0 Å². The zero-order valence-electron chi connectivity index (χ0n) is 16.1. The standard InChI is InChI=1S/C22H29N3O2/c1-26-21-7-6-19(16-22(21)27-20-4-2-3-5-20)25-14-12-24(13-15-25)17-18-8-10-23-11-9-18/h6-11,16,20H,2-5,12-15,17H2,1H3. The van der Waals surface area contributed by atoms with Crippen LogP contribution in [0.3, 0.4) is 0 Å². The van der Waals surface area contributed by atoms with E-state index in [2.05, 4.69) is 39.0 Å². The highest BCUT2D eigenvalue weighted by molar-refractivity contribution is 5.56. The van der Waals surface area contributed by atoms with E-state index < -0.39 is 0 Å². The molecule has 2 aromatic rings. The van der Waals surface area contributed by atoms with E-state index in [9.17, 15) is 0 Å². The van der Waals surface area contributed by atoms with Gasteiger partial charge in [0.2, 0.25) is 0 Å². The van der Waals surface area contributed by atoms with Gasteiger partial charge in [-0.25, -0.2) is 0 Å². The second kappa shape index (κ2) is 8.61. The maximum absolute atomic E-state index is 6.26. The molecule has 0 spiro atoms. The van der Waals surface area contributed by atoms with Crippen LogP contribution in [0.25, 0.3) is 0 Å². The smallest absolute Gasteiger partial charge is 0.163 e.